The zero-order valence-corrected chi connectivity index (χ0v) is 7.30. The van der Waals surface area contributed by atoms with Crippen LogP contribution in [-0.4, -0.2) is 26.7 Å². The smallest absolute Gasteiger partial charge is 0.308 e. The molecule has 0 aromatic carbocycles. The molecule has 0 atom stereocenters. The van der Waals surface area contributed by atoms with E-state index in [2.05, 4.69) is 4.74 Å². The number of ether oxygens (including phenoxy) is 1. The van der Waals surface area contributed by atoms with Crippen LogP contribution in [0.5, 0.6) is 0 Å². The van der Waals surface area contributed by atoms with Crippen molar-refractivity contribution in [1.82, 2.24) is 0 Å². The first-order valence-electron chi connectivity index (χ1n) is 3.46. The number of hydrogen-bond acceptors (Lipinski definition) is 4. The molecule has 1 rings (SSSR count). The summed E-state index contributed by atoms with van der Waals surface area (Å²) in [6.07, 6.45) is 0.0943. The van der Waals surface area contributed by atoms with Crippen LogP contribution in [0.2, 0.25) is 0 Å². The summed E-state index contributed by atoms with van der Waals surface area (Å²) >= 11 is 0. The van der Waals surface area contributed by atoms with Crippen molar-refractivity contribution in [3.8, 4) is 0 Å². The van der Waals surface area contributed by atoms with Crippen molar-refractivity contribution in [3.63, 3.8) is 0 Å². The first-order valence-corrected chi connectivity index (χ1v) is 4.91. The predicted molar refractivity (Wildman–Crippen MR) is 38.6 cm³/mol. The molecule has 1 saturated carbocycles. The van der Waals surface area contributed by atoms with Gasteiger partial charge >= 0.3 is 16.2 Å². The number of esters is 1. The Morgan fingerprint density at radius 2 is 2.00 bits per heavy atom. The summed E-state index contributed by atoms with van der Waals surface area (Å²) < 4.78 is 37.1. The molecule has 0 aromatic heterocycles. The van der Waals surface area contributed by atoms with E-state index in [1.807, 2.05) is 0 Å². The lowest BCUT2D eigenvalue weighted by Gasteiger charge is -2.29. The molecule has 0 radical (unpaired) electrons. The molecule has 0 saturated heterocycles. The third-order valence-corrected chi connectivity index (χ3v) is 3.21. The second kappa shape index (κ2) is 3.01. The van der Waals surface area contributed by atoms with E-state index in [-0.39, 0.29) is 12.8 Å². The van der Waals surface area contributed by atoms with Gasteiger partial charge in [-0.25, -0.2) is 0 Å². The number of hydrogen-bond donors (Lipinski definition) is 0. The fourth-order valence-corrected chi connectivity index (χ4v) is 2.08. The Morgan fingerprint density at radius 1 is 1.50 bits per heavy atom. The topological polar surface area (TPSA) is 60.4 Å². The molecule has 0 heterocycles. The number of carbonyl (C=O) groups excluding carboxylic acids is 1. The average Bonchev–Trinajstić information content (AvgIpc) is 1.80. The van der Waals surface area contributed by atoms with Crippen LogP contribution in [0.3, 0.4) is 0 Å². The molecule has 1 aliphatic rings. The Morgan fingerprint density at radius 3 is 2.33 bits per heavy atom. The normalized spacial score (nSPS) is 29.2. The Balaban J connectivity index is 2.44. The minimum atomic E-state index is -4.45. The van der Waals surface area contributed by atoms with E-state index in [0.29, 0.717) is 0 Å². The SMILES string of the molecule is COC(=O)C1CC(S(=O)(=O)F)C1. The summed E-state index contributed by atoms with van der Waals surface area (Å²) in [5, 5.41) is -0.999. The van der Waals surface area contributed by atoms with E-state index < -0.39 is 27.4 Å². The Bertz CT molecular complexity index is 278. The van der Waals surface area contributed by atoms with Crippen LogP contribution in [0.25, 0.3) is 0 Å². The molecule has 0 N–H and O–H groups in total. The third-order valence-electron chi connectivity index (χ3n) is 2.03. The molecule has 4 nitrogen and oxygen atoms in total. The predicted octanol–water partition coefficient (Wildman–Crippen LogP) is 0.237. The maximum Gasteiger partial charge on any atom is 0.308 e. The highest BCUT2D eigenvalue weighted by Crippen LogP contribution is 2.34. The van der Waals surface area contributed by atoms with Gasteiger partial charge in [-0.1, -0.05) is 0 Å². The number of rotatable bonds is 2. The van der Waals surface area contributed by atoms with Crippen LogP contribution in [0, 0.1) is 5.92 Å². The molecule has 12 heavy (non-hydrogen) atoms. The Kier molecular flexibility index (Phi) is 2.36. The van der Waals surface area contributed by atoms with Crippen LogP contribution < -0.4 is 0 Å². The lowest BCUT2D eigenvalue weighted by atomic mass is 9.85. The van der Waals surface area contributed by atoms with Gasteiger partial charge in [0.1, 0.15) is 0 Å². The van der Waals surface area contributed by atoms with Crippen molar-refractivity contribution < 1.29 is 21.8 Å². The molecule has 0 spiro atoms. The zero-order chi connectivity index (χ0) is 9.35. The largest absolute Gasteiger partial charge is 0.469 e. The fourth-order valence-electron chi connectivity index (χ4n) is 1.15. The number of carbonyl (C=O) groups is 1. The van der Waals surface area contributed by atoms with Gasteiger partial charge in [0.25, 0.3) is 0 Å². The first-order chi connectivity index (χ1) is 5.45. The van der Waals surface area contributed by atoms with Crippen LogP contribution in [-0.2, 0) is 19.8 Å². The highest BCUT2D eigenvalue weighted by atomic mass is 32.3. The van der Waals surface area contributed by atoms with Gasteiger partial charge in [-0.2, -0.15) is 8.42 Å². The quantitative estimate of drug-likeness (QED) is 0.468. The van der Waals surface area contributed by atoms with Crippen molar-refractivity contribution in [2.24, 2.45) is 5.92 Å². The minimum absolute atomic E-state index is 0.0471. The average molecular weight is 196 g/mol. The van der Waals surface area contributed by atoms with Gasteiger partial charge in [-0.3, -0.25) is 4.79 Å². The molecule has 6 heteroatoms. The first kappa shape index (κ1) is 9.44. The molecule has 0 aromatic rings. The van der Waals surface area contributed by atoms with Gasteiger partial charge in [-0.05, 0) is 12.8 Å². The standard InChI is InChI=1S/C6H9FO4S/c1-11-6(8)4-2-5(3-4)12(7,9)10/h4-5H,2-3H2,1H3. The minimum Gasteiger partial charge on any atom is -0.469 e. The lowest BCUT2D eigenvalue weighted by Crippen LogP contribution is -2.38. The molecular formula is C6H9FO4S. The van der Waals surface area contributed by atoms with Gasteiger partial charge in [0.15, 0.2) is 0 Å². The molecule has 70 valence electrons. The maximum absolute atomic E-state index is 12.2. The van der Waals surface area contributed by atoms with Crippen molar-refractivity contribution >= 4 is 16.2 Å². The summed E-state index contributed by atoms with van der Waals surface area (Å²) in [5.74, 6) is -0.902. The van der Waals surface area contributed by atoms with E-state index in [1.165, 1.54) is 7.11 Å². The highest BCUT2D eigenvalue weighted by Gasteiger charge is 2.43. The molecule has 1 fully saturated rings. The van der Waals surface area contributed by atoms with Gasteiger partial charge < -0.3 is 4.74 Å². The van der Waals surface area contributed by atoms with Gasteiger partial charge in [-0.15, -0.1) is 3.89 Å². The van der Waals surface area contributed by atoms with Gasteiger partial charge in [0.2, 0.25) is 0 Å². The summed E-state index contributed by atoms with van der Waals surface area (Å²) in [4.78, 5) is 10.7. The van der Waals surface area contributed by atoms with E-state index in [1.54, 1.807) is 0 Å². The molecular weight excluding hydrogens is 187 g/mol. The van der Waals surface area contributed by atoms with E-state index >= 15 is 0 Å². The maximum atomic E-state index is 12.2. The molecule has 0 bridgehead atoms. The molecule has 0 amide bonds. The van der Waals surface area contributed by atoms with Crippen molar-refractivity contribution in [2.75, 3.05) is 7.11 Å². The van der Waals surface area contributed by atoms with Gasteiger partial charge in [0.05, 0.1) is 18.3 Å². The van der Waals surface area contributed by atoms with Crippen molar-refractivity contribution in [3.05, 3.63) is 0 Å². The summed E-state index contributed by atoms with van der Waals surface area (Å²) in [5.41, 5.74) is 0. The number of halogens is 1. The molecule has 0 unspecified atom stereocenters. The summed E-state index contributed by atoms with van der Waals surface area (Å²) in [6.45, 7) is 0. The lowest BCUT2D eigenvalue weighted by molar-refractivity contribution is -0.148. The van der Waals surface area contributed by atoms with Crippen LogP contribution in [0.1, 0.15) is 12.8 Å². The number of methoxy groups -OCH3 is 1. The summed E-state index contributed by atoms with van der Waals surface area (Å²) in [6, 6.07) is 0. The monoisotopic (exact) mass is 196 g/mol. The fraction of sp³-hybridized carbons (Fsp3) is 0.833. The Labute approximate surface area is 69.9 Å². The van der Waals surface area contributed by atoms with E-state index in [9.17, 15) is 17.1 Å². The zero-order valence-electron chi connectivity index (χ0n) is 6.49. The van der Waals surface area contributed by atoms with Gasteiger partial charge in [0, 0.05) is 0 Å². The highest BCUT2D eigenvalue weighted by molar-refractivity contribution is 7.87. The van der Waals surface area contributed by atoms with Crippen LogP contribution in [0.4, 0.5) is 3.89 Å². The van der Waals surface area contributed by atoms with E-state index in [0.717, 1.165) is 0 Å². The Hall–Kier alpha value is -0.650. The van der Waals surface area contributed by atoms with E-state index in [4.69, 9.17) is 0 Å². The third kappa shape index (κ3) is 1.74. The van der Waals surface area contributed by atoms with Crippen molar-refractivity contribution in [2.45, 2.75) is 18.1 Å². The molecule has 0 aliphatic heterocycles. The second-order valence-corrected chi connectivity index (χ2v) is 4.41. The second-order valence-electron chi connectivity index (χ2n) is 2.79. The molecule has 1 aliphatic carbocycles. The van der Waals surface area contributed by atoms with Crippen molar-refractivity contribution in [1.29, 1.82) is 0 Å². The van der Waals surface area contributed by atoms with Crippen LogP contribution in [0.15, 0.2) is 0 Å². The summed E-state index contributed by atoms with van der Waals surface area (Å²) in [7, 11) is -3.23. The van der Waals surface area contributed by atoms with Crippen LogP contribution >= 0.6 is 0 Å².